The van der Waals surface area contributed by atoms with Gasteiger partial charge in [0.15, 0.2) is 0 Å². The summed E-state index contributed by atoms with van der Waals surface area (Å²) in [7, 11) is -4.53. The quantitative estimate of drug-likeness (QED) is 0.136. The van der Waals surface area contributed by atoms with E-state index in [2.05, 4.69) is 71.7 Å². The molecule has 0 aromatic heterocycles. The minimum absolute atomic E-state index is 0.325. The van der Waals surface area contributed by atoms with Gasteiger partial charge in [-0.25, -0.2) is 0 Å². The Balaban J connectivity index is 4.89. The topological polar surface area (TPSA) is 23.9 Å². The minimum atomic E-state index is -1.55. The second-order valence-corrected chi connectivity index (χ2v) is 28.6. The van der Waals surface area contributed by atoms with Gasteiger partial charge in [0.05, 0.1) is 24.2 Å². The van der Waals surface area contributed by atoms with E-state index in [1.165, 1.54) is 82.2 Å². The third-order valence-electron chi connectivity index (χ3n) is 7.02. The second kappa shape index (κ2) is 12.8. The van der Waals surface area contributed by atoms with Gasteiger partial charge in [-0.3, -0.25) is 5.41 Å². The fourth-order valence-corrected chi connectivity index (χ4v) is 24.5. The van der Waals surface area contributed by atoms with Crippen LogP contribution in [0.2, 0.25) is 63.6 Å². The first-order valence-electron chi connectivity index (χ1n) is 12.6. The van der Waals surface area contributed by atoms with Crippen LogP contribution in [-0.4, -0.2) is 30.1 Å². The molecule has 0 bridgehead atoms. The third-order valence-corrected chi connectivity index (χ3v) is 20.2. The molecule has 0 atom stereocenters. The van der Waals surface area contributed by atoms with Crippen molar-refractivity contribution < 1.29 is 0 Å². The molecule has 0 amide bonds. The maximum Gasteiger partial charge on any atom is 0.0843 e. The molecule has 1 nitrogen and oxygen atoms in total. The molecular weight excluding hydrogens is 399 g/mol. The Hall–Kier alpha value is 0.101. The van der Waals surface area contributed by atoms with Gasteiger partial charge in [0, 0.05) is 0 Å². The zero-order valence-electron chi connectivity index (χ0n) is 22.0. The summed E-state index contributed by atoms with van der Waals surface area (Å²) in [5.41, 5.74) is 0. The normalized spacial score (nSPS) is 13.4. The Morgan fingerprint density at radius 1 is 0.621 bits per heavy atom. The van der Waals surface area contributed by atoms with E-state index < -0.39 is 24.2 Å². The van der Waals surface area contributed by atoms with Crippen molar-refractivity contribution in [1.82, 2.24) is 0 Å². The van der Waals surface area contributed by atoms with Gasteiger partial charge in [0.25, 0.3) is 0 Å². The van der Waals surface area contributed by atoms with E-state index in [1.807, 2.05) is 0 Å². The molecule has 0 aliphatic rings. The summed E-state index contributed by atoms with van der Waals surface area (Å²) in [6.45, 7) is 25.1. The van der Waals surface area contributed by atoms with E-state index in [9.17, 15) is 0 Å². The molecule has 0 saturated carbocycles. The van der Waals surface area contributed by atoms with Crippen molar-refractivity contribution in [3.8, 4) is 0 Å². The van der Waals surface area contributed by atoms with E-state index in [1.54, 1.807) is 0 Å². The van der Waals surface area contributed by atoms with Crippen LogP contribution in [0.25, 0.3) is 0 Å². The first-order valence-corrected chi connectivity index (χ1v) is 23.1. The molecule has 0 aromatic carbocycles. The molecule has 0 rings (SSSR count). The van der Waals surface area contributed by atoms with Crippen molar-refractivity contribution >= 4 is 30.1 Å². The number of unbranched alkanes of at least 4 members (excludes halogenated alkanes) is 10. The molecule has 29 heavy (non-hydrogen) atoms. The molecule has 1 N–H and O–H groups in total. The predicted octanol–water partition coefficient (Wildman–Crippen LogP) is 9.70. The lowest BCUT2D eigenvalue weighted by atomic mass is 10.0. The fourth-order valence-electron chi connectivity index (χ4n) is 5.74. The average molecular weight is 454 g/mol. The molecule has 0 heterocycles. The minimum Gasteiger partial charge on any atom is -0.259 e. The second-order valence-electron chi connectivity index (χ2n) is 12.4. The lowest BCUT2D eigenvalue weighted by Crippen LogP contribution is -2.59. The van der Waals surface area contributed by atoms with Gasteiger partial charge in [-0.15, -0.1) is 0 Å². The van der Waals surface area contributed by atoms with Crippen LogP contribution in [0.4, 0.5) is 0 Å². The highest BCUT2D eigenvalue weighted by Gasteiger charge is 2.56. The summed E-state index contributed by atoms with van der Waals surface area (Å²) in [6.07, 6.45) is 16.8. The highest BCUT2D eigenvalue weighted by molar-refractivity contribution is 7.03. The Kier molecular flexibility index (Phi) is 12.9. The van der Waals surface area contributed by atoms with Crippen molar-refractivity contribution in [3.05, 3.63) is 5.20 Å². The molecule has 0 fully saturated rings. The number of allylic oxidation sites excluding steroid dienone is 1. The maximum absolute atomic E-state index is 8.28. The molecular formula is C25H55NSi3. The number of nitrogens with one attached hydrogen (secondary N) is 1. The van der Waals surface area contributed by atoms with Crippen LogP contribution >= 0.6 is 0 Å². The monoisotopic (exact) mass is 453 g/mol. The molecule has 0 radical (unpaired) electrons. The van der Waals surface area contributed by atoms with Crippen LogP contribution in [-0.2, 0) is 0 Å². The third kappa shape index (κ3) is 9.01. The molecule has 0 unspecified atom stereocenters. The standard InChI is InChI=1S/C25H55NSi3/c1-11-12-13-14-15-16-17-18-19-20-21-22-25(28(5,6)7,29(8,9)10)24(23-26)27(2,3)4/h26H,11-22H2,1-10H3. The first-order chi connectivity index (χ1) is 13.3. The SMILES string of the molecule is CCCCCCCCCCCCCC(C(=C=N)[Si](C)(C)C)([Si](C)(C)C)[Si](C)(C)C. The lowest BCUT2D eigenvalue weighted by molar-refractivity contribution is 0.537. The zero-order valence-corrected chi connectivity index (χ0v) is 25.0. The van der Waals surface area contributed by atoms with Gasteiger partial charge >= 0.3 is 0 Å². The summed E-state index contributed by atoms with van der Waals surface area (Å²) < 4.78 is 0.325. The lowest BCUT2D eigenvalue weighted by Gasteiger charge is -2.55. The molecule has 0 aliphatic heterocycles. The fraction of sp³-hybridized carbons (Fsp3) is 0.920. The molecule has 0 spiro atoms. The smallest absolute Gasteiger partial charge is 0.0843 e. The maximum atomic E-state index is 8.28. The van der Waals surface area contributed by atoms with E-state index in [4.69, 9.17) is 5.41 Å². The largest absolute Gasteiger partial charge is 0.259 e. The Morgan fingerprint density at radius 3 is 1.24 bits per heavy atom. The predicted molar refractivity (Wildman–Crippen MR) is 145 cm³/mol. The molecule has 0 aliphatic carbocycles. The van der Waals surface area contributed by atoms with Gasteiger partial charge in [-0.05, 0) is 22.1 Å². The number of hydrogen-bond donors (Lipinski definition) is 1. The number of hydrogen-bond acceptors (Lipinski definition) is 1. The van der Waals surface area contributed by atoms with Crippen LogP contribution in [0.3, 0.4) is 0 Å². The van der Waals surface area contributed by atoms with Gasteiger partial charge in [-0.2, -0.15) is 0 Å². The van der Waals surface area contributed by atoms with E-state index >= 15 is 0 Å². The van der Waals surface area contributed by atoms with Crippen LogP contribution < -0.4 is 0 Å². The van der Waals surface area contributed by atoms with Gasteiger partial charge in [-0.1, -0.05) is 136 Å². The van der Waals surface area contributed by atoms with Crippen LogP contribution in [0, 0.1) is 5.41 Å². The van der Waals surface area contributed by atoms with Crippen molar-refractivity contribution in [3.63, 3.8) is 0 Å². The van der Waals surface area contributed by atoms with E-state index in [0.717, 1.165) is 0 Å². The summed E-state index contributed by atoms with van der Waals surface area (Å²) in [5.74, 6) is 3.08. The Bertz CT molecular complexity index is 486. The summed E-state index contributed by atoms with van der Waals surface area (Å²) >= 11 is 0. The van der Waals surface area contributed by atoms with E-state index in [-0.39, 0.29) is 0 Å². The summed E-state index contributed by atoms with van der Waals surface area (Å²) in [4.78, 5) is 0. The van der Waals surface area contributed by atoms with Gasteiger partial charge < -0.3 is 0 Å². The average Bonchev–Trinajstić information content (AvgIpc) is 2.55. The van der Waals surface area contributed by atoms with Crippen molar-refractivity contribution in [1.29, 1.82) is 5.41 Å². The van der Waals surface area contributed by atoms with Crippen LogP contribution in [0.15, 0.2) is 5.20 Å². The molecule has 4 heteroatoms. The zero-order chi connectivity index (χ0) is 22.8. The van der Waals surface area contributed by atoms with Crippen LogP contribution in [0.5, 0.6) is 0 Å². The highest BCUT2D eigenvalue weighted by Crippen LogP contribution is 2.57. The first kappa shape index (κ1) is 29.1. The summed E-state index contributed by atoms with van der Waals surface area (Å²) in [5, 5.41) is 9.74. The molecule has 0 saturated heterocycles. The van der Waals surface area contributed by atoms with E-state index in [0.29, 0.717) is 4.66 Å². The van der Waals surface area contributed by atoms with Gasteiger partial charge in [0.1, 0.15) is 0 Å². The Labute approximate surface area is 188 Å². The van der Waals surface area contributed by atoms with Gasteiger partial charge in [0.2, 0.25) is 0 Å². The Morgan fingerprint density at radius 2 is 0.966 bits per heavy atom. The molecule has 0 aromatic rings. The van der Waals surface area contributed by atoms with Crippen molar-refractivity contribution in [2.45, 2.75) is 148 Å². The summed E-state index contributed by atoms with van der Waals surface area (Å²) in [6, 6.07) is 0. The van der Waals surface area contributed by atoms with Crippen LogP contribution in [0.1, 0.15) is 84.0 Å². The molecule has 172 valence electrons. The number of rotatable bonds is 16. The van der Waals surface area contributed by atoms with Crippen molar-refractivity contribution in [2.24, 2.45) is 0 Å². The highest BCUT2D eigenvalue weighted by atomic mass is 28.4. The van der Waals surface area contributed by atoms with Crippen molar-refractivity contribution in [2.75, 3.05) is 0 Å².